The van der Waals surface area contributed by atoms with Crippen LogP contribution in [0.1, 0.15) is 34.1 Å². The zero-order chi connectivity index (χ0) is 12.1. The van der Waals surface area contributed by atoms with Crippen molar-refractivity contribution < 1.29 is 13.2 Å². The molecule has 0 spiro atoms. The predicted octanol–water partition coefficient (Wildman–Crippen LogP) is 3.45. The molecule has 0 saturated heterocycles. The van der Waals surface area contributed by atoms with Crippen LogP contribution in [0.25, 0.3) is 0 Å². The number of hydrogen-bond acceptors (Lipinski definition) is 2. The summed E-state index contributed by atoms with van der Waals surface area (Å²) < 4.78 is 36.1. The van der Waals surface area contributed by atoms with Gasteiger partial charge in [0.1, 0.15) is 0 Å². The maximum Gasteiger partial charge on any atom is 0.390 e. The minimum absolute atomic E-state index is 0.176. The molecule has 0 aromatic heterocycles. The first-order valence-corrected chi connectivity index (χ1v) is 6.03. The lowest BCUT2D eigenvalue weighted by atomic mass is 10.2. The standard InChI is InChI=1S/C10H20F3NS/c1-8(7-10(11,12)13)14-5-6-15-9(2,3)4/h8,14H,5-7H2,1-4H3. The SMILES string of the molecule is CC(CC(F)(F)F)NCCSC(C)(C)C. The van der Waals surface area contributed by atoms with Gasteiger partial charge in [0.25, 0.3) is 0 Å². The molecule has 0 fully saturated rings. The van der Waals surface area contributed by atoms with E-state index >= 15 is 0 Å². The van der Waals surface area contributed by atoms with Crippen LogP contribution in [0.4, 0.5) is 13.2 Å². The van der Waals surface area contributed by atoms with Gasteiger partial charge < -0.3 is 5.32 Å². The molecule has 15 heavy (non-hydrogen) atoms. The van der Waals surface area contributed by atoms with Crippen molar-refractivity contribution in [3.05, 3.63) is 0 Å². The van der Waals surface area contributed by atoms with Crippen LogP contribution < -0.4 is 5.32 Å². The summed E-state index contributed by atoms with van der Waals surface area (Å²) in [5.41, 5.74) is 0. The highest BCUT2D eigenvalue weighted by Gasteiger charge is 2.29. The first-order valence-electron chi connectivity index (χ1n) is 5.04. The summed E-state index contributed by atoms with van der Waals surface area (Å²) in [6.07, 6.45) is -4.82. The first kappa shape index (κ1) is 15.1. The van der Waals surface area contributed by atoms with E-state index in [9.17, 15) is 13.2 Å². The van der Waals surface area contributed by atoms with E-state index in [4.69, 9.17) is 0 Å². The molecule has 0 aliphatic heterocycles. The smallest absolute Gasteiger partial charge is 0.313 e. The molecule has 1 N–H and O–H groups in total. The molecule has 0 radical (unpaired) electrons. The van der Waals surface area contributed by atoms with Gasteiger partial charge in [-0.2, -0.15) is 24.9 Å². The number of rotatable bonds is 5. The summed E-state index contributed by atoms with van der Waals surface area (Å²) in [6, 6.07) is -0.495. The Morgan fingerprint density at radius 2 is 1.73 bits per heavy atom. The lowest BCUT2D eigenvalue weighted by Gasteiger charge is -2.19. The minimum atomic E-state index is -4.07. The van der Waals surface area contributed by atoms with E-state index < -0.39 is 18.6 Å². The number of alkyl halides is 3. The highest BCUT2D eigenvalue weighted by molar-refractivity contribution is 8.00. The molecule has 0 aromatic rings. The fourth-order valence-electron chi connectivity index (χ4n) is 1.08. The molecule has 1 unspecified atom stereocenters. The van der Waals surface area contributed by atoms with Crippen molar-refractivity contribution in [1.82, 2.24) is 5.32 Å². The molecule has 5 heteroatoms. The number of hydrogen-bond donors (Lipinski definition) is 1. The van der Waals surface area contributed by atoms with Crippen molar-refractivity contribution in [3.8, 4) is 0 Å². The van der Waals surface area contributed by atoms with Crippen LogP contribution in [0.3, 0.4) is 0 Å². The molecular weight excluding hydrogens is 223 g/mol. The third-order valence-electron chi connectivity index (χ3n) is 1.67. The van der Waals surface area contributed by atoms with Gasteiger partial charge in [-0.3, -0.25) is 0 Å². The fraction of sp³-hybridized carbons (Fsp3) is 1.00. The second-order valence-electron chi connectivity index (χ2n) is 4.64. The lowest BCUT2D eigenvalue weighted by Crippen LogP contribution is -2.33. The molecule has 0 amide bonds. The van der Waals surface area contributed by atoms with Crippen LogP contribution in [0.15, 0.2) is 0 Å². The highest BCUT2D eigenvalue weighted by Crippen LogP contribution is 2.23. The maximum atomic E-state index is 12.0. The average Bonchev–Trinajstić information content (AvgIpc) is 1.92. The van der Waals surface area contributed by atoms with Gasteiger partial charge >= 0.3 is 6.18 Å². The van der Waals surface area contributed by atoms with Crippen molar-refractivity contribution in [2.45, 2.75) is 51.1 Å². The molecule has 0 saturated carbocycles. The van der Waals surface area contributed by atoms with Gasteiger partial charge in [-0.15, -0.1) is 0 Å². The molecule has 92 valence electrons. The monoisotopic (exact) mass is 243 g/mol. The van der Waals surface area contributed by atoms with Gasteiger partial charge in [0.05, 0.1) is 6.42 Å². The van der Waals surface area contributed by atoms with E-state index in [1.54, 1.807) is 18.7 Å². The van der Waals surface area contributed by atoms with Crippen molar-refractivity contribution in [2.75, 3.05) is 12.3 Å². The quantitative estimate of drug-likeness (QED) is 0.742. The van der Waals surface area contributed by atoms with E-state index in [-0.39, 0.29) is 4.75 Å². The Morgan fingerprint density at radius 1 is 1.20 bits per heavy atom. The van der Waals surface area contributed by atoms with E-state index in [1.165, 1.54) is 0 Å². The summed E-state index contributed by atoms with van der Waals surface area (Å²) in [7, 11) is 0. The second-order valence-corrected chi connectivity index (χ2v) is 6.56. The van der Waals surface area contributed by atoms with Crippen LogP contribution in [0.2, 0.25) is 0 Å². The van der Waals surface area contributed by atoms with E-state index in [2.05, 4.69) is 26.1 Å². The third kappa shape index (κ3) is 12.0. The molecule has 1 nitrogen and oxygen atoms in total. The van der Waals surface area contributed by atoms with Crippen molar-refractivity contribution in [1.29, 1.82) is 0 Å². The van der Waals surface area contributed by atoms with Crippen molar-refractivity contribution >= 4 is 11.8 Å². The van der Waals surface area contributed by atoms with Crippen LogP contribution in [-0.4, -0.2) is 29.3 Å². The van der Waals surface area contributed by atoms with Crippen molar-refractivity contribution in [2.24, 2.45) is 0 Å². The van der Waals surface area contributed by atoms with Gasteiger partial charge in [0.15, 0.2) is 0 Å². The van der Waals surface area contributed by atoms with E-state index in [0.717, 1.165) is 5.75 Å². The summed E-state index contributed by atoms with van der Waals surface area (Å²) >= 11 is 1.75. The minimum Gasteiger partial charge on any atom is -0.313 e. The largest absolute Gasteiger partial charge is 0.390 e. The lowest BCUT2D eigenvalue weighted by molar-refractivity contribution is -0.138. The van der Waals surface area contributed by atoms with Gasteiger partial charge in [0, 0.05) is 23.1 Å². The van der Waals surface area contributed by atoms with Gasteiger partial charge in [-0.05, 0) is 6.92 Å². The molecule has 0 aliphatic rings. The third-order valence-corrected chi connectivity index (χ3v) is 2.94. The van der Waals surface area contributed by atoms with Crippen LogP contribution >= 0.6 is 11.8 Å². The van der Waals surface area contributed by atoms with Crippen LogP contribution in [0, 0.1) is 0 Å². The number of thioether (sulfide) groups is 1. The van der Waals surface area contributed by atoms with Gasteiger partial charge in [0.2, 0.25) is 0 Å². The molecule has 0 bridgehead atoms. The molecule has 0 heterocycles. The Labute approximate surface area is 94.2 Å². The first-order chi connectivity index (χ1) is 6.60. The highest BCUT2D eigenvalue weighted by atomic mass is 32.2. The van der Waals surface area contributed by atoms with Crippen LogP contribution in [0.5, 0.6) is 0 Å². The second kappa shape index (κ2) is 5.99. The van der Waals surface area contributed by atoms with Crippen molar-refractivity contribution in [3.63, 3.8) is 0 Å². The average molecular weight is 243 g/mol. The van der Waals surface area contributed by atoms with Crippen LogP contribution in [-0.2, 0) is 0 Å². The molecule has 0 rings (SSSR count). The Morgan fingerprint density at radius 3 is 2.13 bits per heavy atom. The summed E-state index contributed by atoms with van der Waals surface area (Å²) in [4.78, 5) is 0. The zero-order valence-electron chi connectivity index (χ0n) is 9.74. The van der Waals surface area contributed by atoms with Gasteiger partial charge in [-0.25, -0.2) is 0 Å². The maximum absolute atomic E-state index is 12.0. The summed E-state index contributed by atoms with van der Waals surface area (Å²) in [5, 5.41) is 2.87. The normalized spacial score (nSPS) is 15.4. The fourth-order valence-corrected chi connectivity index (χ4v) is 1.91. The van der Waals surface area contributed by atoms with E-state index in [1.807, 2.05) is 0 Å². The summed E-state index contributed by atoms with van der Waals surface area (Å²) in [6.45, 7) is 8.47. The van der Waals surface area contributed by atoms with E-state index in [0.29, 0.717) is 6.54 Å². The molecular formula is C10H20F3NS. The van der Waals surface area contributed by atoms with Gasteiger partial charge in [-0.1, -0.05) is 20.8 Å². The molecule has 0 aromatic carbocycles. The molecule has 1 atom stereocenters. The number of nitrogens with one attached hydrogen (secondary N) is 1. The Balaban J connectivity index is 3.52. The Bertz CT molecular complexity index is 174. The Hall–Kier alpha value is 0.100. The Kier molecular flexibility index (Phi) is 6.03. The predicted molar refractivity (Wildman–Crippen MR) is 60.3 cm³/mol. The molecule has 0 aliphatic carbocycles. The summed E-state index contributed by atoms with van der Waals surface area (Å²) in [5.74, 6) is 0.839. The topological polar surface area (TPSA) is 12.0 Å². The zero-order valence-corrected chi connectivity index (χ0v) is 10.6. The number of halogens is 3.